The predicted molar refractivity (Wildman–Crippen MR) is 40.3 cm³/mol. The van der Waals surface area contributed by atoms with Gasteiger partial charge in [-0.3, -0.25) is 9.32 Å². The number of hydrogen-bond acceptors (Lipinski definition) is 3. The highest BCUT2D eigenvalue weighted by Crippen LogP contribution is 2.46. The lowest BCUT2D eigenvalue weighted by atomic mass is 10.6. The smallest absolute Gasteiger partial charge is 0.354 e. The van der Waals surface area contributed by atoms with Crippen molar-refractivity contribution in [3.05, 3.63) is 0 Å². The van der Waals surface area contributed by atoms with E-state index < -0.39 is 6.95 Å². The van der Waals surface area contributed by atoms with Gasteiger partial charge in [-0.1, -0.05) is 0 Å². The Kier molecular flexibility index (Phi) is 4.68. The molecular weight excluding hydrogens is 192 g/mol. The number of halogens is 1. The molecule has 0 bridgehead atoms. The monoisotopic (exact) mass is 201 g/mol. The summed E-state index contributed by atoms with van der Waals surface area (Å²) in [6.45, 7) is -2.47. The maximum absolute atomic E-state index is 10.2. The zero-order chi connectivity index (χ0) is 8.91. The molecule has 7 heteroatoms. The molecule has 0 rings (SSSR count). The van der Waals surface area contributed by atoms with E-state index in [1.807, 2.05) is 0 Å². The van der Waals surface area contributed by atoms with Crippen molar-refractivity contribution in [3.63, 3.8) is 0 Å². The zero-order valence-corrected chi connectivity index (χ0v) is 7.56. The Hall–Kier alpha value is -0.0900. The van der Waals surface area contributed by atoms with Gasteiger partial charge >= 0.3 is 6.95 Å². The third-order valence-electron chi connectivity index (χ3n) is 0.727. The highest BCUT2D eigenvalue weighted by molar-refractivity contribution is 7.80. The van der Waals surface area contributed by atoms with Crippen LogP contribution in [0.25, 0.3) is 0 Å². The molecule has 66 valence electrons. The highest BCUT2D eigenvalue weighted by atomic mass is 35.7. The van der Waals surface area contributed by atoms with E-state index in [2.05, 4.69) is 9.84 Å². The van der Waals surface area contributed by atoms with Crippen LogP contribution in [0.4, 0.5) is 0 Å². The summed E-state index contributed by atoms with van der Waals surface area (Å²) in [4.78, 5) is 18.6. The van der Waals surface area contributed by atoms with E-state index >= 15 is 0 Å². The van der Waals surface area contributed by atoms with E-state index in [0.29, 0.717) is 0 Å². The van der Waals surface area contributed by atoms with Crippen molar-refractivity contribution in [2.45, 2.75) is 6.92 Å². The topological polar surface area (TPSA) is 75.6 Å². The molecule has 1 amide bonds. The number of carbonyl (C=O) groups excluding carboxylic acids is 1. The largest absolute Gasteiger partial charge is 0.421 e. The summed E-state index contributed by atoms with van der Waals surface area (Å²) in [6, 6.07) is 0. The Morgan fingerprint density at radius 2 is 2.36 bits per heavy atom. The van der Waals surface area contributed by atoms with Crippen LogP contribution in [0, 0.1) is 0 Å². The minimum Gasteiger partial charge on any atom is -0.354 e. The van der Waals surface area contributed by atoms with Crippen molar-refractivity contribution >= 4 is 24.1 Å². The molecule has 0 aromatic carbocycles. The van der Waals surface area contributed by atoms with E-state index in [-0.39, 0.29) is 19.1 Å². The van der Waals surface area contributed by atoms with Gasteiger partial charge in [-0.05, 0) is 0 Å². The first-order valence-corrected chi connectivity index (χ1v) is 5.31. The van der Waals surface area contributed by atoms with E-state index in [4.69, 9.17) is 16.1 Å². The Morgan fingerprint density at radius 3 is 2.73 bits per heavy atom. The van der Waals surface area contributed by atoms with Crippen LogP contribution >= 0.6 is 18.2 Å². The van der Waals surface area contributed by atoms with Gasteiger partial charge < -0.3 is 10.2 Å². The van der Waals surface area contributed by atoms with Gasteiger partial charge in [0.05, 0.1) is 6.61 Å². The molecule has 0 fully saturated rings. The van der Waals surface area contributed by atoms with E-state index in [1.54, 1.807) is 0 Å². The molecule has 0 aliphatic heterocycles. The quantitative estimate of drug-likeness (QED) is 0.512. The molecule has 0 aromatic rings. The van der Waals surface area contributed by atoms with Crippen molar-refractivity contribution in [1.29, 1.82) is 0 Å². The fraction of sp³-hybridized carbons (Fsp3) is 0.750. The first-order valence-electron chi connectivity index (χ1n) is 2.83. The second-order valence-electron chi connectivity index (χ2n) is 1.77. The van der Waals surface area contributed by atoms with Crippen LogP contribution in [0.15, 0.2) is 0 Å². The Labute approximate surface area is 69.0 Å². The second kappa shape index (κ2) is 4.72. The number of rotatable bonds is 4. The summed E-state index contributed by atoms with van der Waals surface area (Å²) in [6.07, 6.45) is 0. The standard InChI is InChI=1S/C4H9ClNO4P/c1-4(7)6-2-3-10-11(5,8)9/h2-3H2,1H3,(H,6,7)(H,8,9). The van der Waals surface area contributed by atoms with Gasteiger partial charge in [-0.15, -0.1) is 0 Å². The molecule has 0 aliphatic rings. The minimum absolute atomic E-state index is 0.0726. The van der Waals surface area contributed by atoms with Gasteiger partial charge in [-0.2, -0.15) is 0 Å². The molecule has 2 N–H and O–H groups in total. The summed E-state index contributed by atoms with van der Waals surface area (Å²) >= 11 is 4.82. The van der Waals surface area contributed by atoms with Crippen molar-refractivity contribution in [3.8, 4) is 0 Å². The highest BCUT2D eigenvalue weighted by Gasteiger charge is 2.12. The van der Waals surface area contributed by atoms with Crippen molar-refractivity contribution < 1.29 is 18.8 Å². The third kappa shape index (κ3) is 9.91. The molecule has 0 saturated carbocycles. The number of carbonyl (C=O) groups is 1. The van der Waals surface area contributed by atoms with Crippen LogP contribution in [0.1, 0.15) is 6.92 Å². The zero-order valence-electron chi connectivity index (χ0n) is 5.91. The Balaban J connectivity index is 3.29. The summed E-state index contributed by atoms with van der Waals surface area (Å²) in [5.41, 5.74) is 0. The lowest BCUT2D eigenvalue weighted by Crippen LogP contribution is -2.23. The van der Waals surface area contributed by atoms with Gasteiger partial charge in [-0.25, -0.2) is 4.57 Å². The van der Waals surface area contributed by atoms with Crippen molar-refractivity contribution in [2.24, 2.45) is 0 Å². The lowest BCUT2D eigenvalue weighted by Gasteiger charge is -2.04. The average Bonchev–Trinajstić information content (AvgIpc) is 1.78. The molecule has 11 heavy (non-hydrogen) atoms. The van der Waals surface area contributed by atoms with E-state index in [9.17, 15) is 9.36 Å². The molecule has 1 unspecified atom stereocenters. The Bertz CT molecular complexity index is 179. The first kappa shape index (κ1) is 10.9. The molecule has 1 atom stereocenters. The van der Waals surface area contributed by atoms with Crippen molar-refractivity contribution in [2.75, 3.05) is 13.2 Å². The van der Waals surface area contributed by atoms with Crippen LogP contribution in [0.2, 0.25) is 0 Å². The number of hydrogen-bond donors (Lipinski definition) is 2. The number of amides is 1. The fourth-order valence-electron chi connectivity index (χ4n) is 0.385. The summed E-state index contributed by atoms with van der Waals surface area (Å²) in [5.74, 6) is -0.226. The SMILES string of the molecule is CC(=O)NCCOP(=O)(O)Cl. The number of nitrogens with one attached hydrogen (secondary N) is 1. The molecule has 0 saturated heterocycles. The molecule has 0 spiro atoms. The maximum Gasteiger partial charge on any atom is 0.421 e. The third-order valence-corrected chi connectivity index (χ3v) is 1.52. The van der Waals surface area contributed by atoms with Gasteiger partial charge in [0.15, 0.2) is 0 Å². The molecule has 5 nitrogen and oxygen atoms in total. The van der Waals surface area contributed by atoms with E-state index in [1.165, 1.54) is 6.92 Å². The minimum atomic E-state index is -3.90. The van der Waals surface area contributed by atoms with Crippen LogP contribution < -0.4 is 5.32 Å². The second-order valence-corrected chi connectivity index (χ2v) is 4.21. The Morgan fingerprint density at radius 1 is 1.82 bits per heavy atom. The molecule has 0 aromatic heterocycles. The molecular formula is C4H9ClNO4P. The van der Waals surface area contributed by atoms with Gasteiger partial charge in [0.1, 0.15) is 0 Å². The predicted octanol–water partition coefficient (Wildman–Crippen LogP) is 0.478. The van der Waals surface area contributed by atoms with Gasteiger partial charge in [0, 0.05) is 24.7 Å². The van der Waals surface area contributed by atoms with Crippen molar-refractivity contribution in [1.82, 2.24) is 5.32 Å². The van der Waals surface area contributed by atoms with Gasteiger partial charge in [0.25, 0.3) is 0 Å². The van der Waals surface area contributed by atoms with Crippen LogP contribution in [0.3, 0.4) is 0 Å². The summed E-state index contributed by atoms with van der Waals surface area (Å²) < 4.78 is 14.5. The summed E-state index contributed by atoms with van der Waals surface area (Å²) in [7, 11) is 0. The normalized spacial score (nSPS) is 15.5. The maximum atomic E-state index is 10.2. The van der Waals surface area contributed by atoms with Crippen LogP contribution in [-0.2, 0) is 13.9 Å². The van der Waals surface area contributed by atoms with Gasteiger partial charge in [0.2, 0.25) is 5.91 Å². The average molecular weight is 202 g/mol. The van der Waals surface area contributed by atoms with E-state index in [0.717, 1.165) is 0 Å². The molecule has 0 radical (unpaired) electrons. The molecule has 0 heterocycles. The lowest BCUT2D eigenvalue weighted by molar-refractivity contribution is -0.119. The molecule has 0 aliphatic carbocycles. The fourth-order valence-corrected chi connectivity index (χ4v) is 0.909. The summed E-state index contributed by atoms with van der Waals surface area (Å²) in [5, 5.41) is 2.36. The van der Waals surface area contributed by atoms with Crippen LogP contribution in [-0.4, -0.2) is 24.0 Å². The van der Waals surface area contributed by atoms with Crippen LogP contribution in [0.5, 0.6) is 0 Å². The first-order chi connectivity index (χ1) is 4.92.